The van der Waals surface area contributed by atoms with Gasteiger partial charge in [-0.15, -0.1) is 0 Å². The summed E-state index contributed by atoms with van der Waals surface area (Å²) in [5.41, 5.74) is 2.06. The normalized spacial score (nSPS) is 11.5. The zero-order valence-corrected chi connectivity index (χ0v) is 20.7. The molecule has 34 heavy (non-hydrogen) atoms. The molecule has 4 aromatic carbocycles. The SMILES string of the molecule is COc1ccc2ncc(Cl)c(CC[P+](c3ccccc3)(c3ccccc3)c3ccccc3)c2c1. The van der Waals surface area contributed by atoms with E-state index in [-0.39, 0.29) is 0 Å². The van der Waals surface area contributed by atoms with E-state index in [1.165, 1.54) is 15.9 Å². The summed E-state index contributed by atoms with van der Waals surface area (Å²) in [6, 6.07) is 38.8. The lowest BCUT2D eigenvalue weighted by Gasteiger charge is -2.28. The number of nitrogens with zero attached hydrogens (tertiary/aromatic N) is 1. The molecule has 5 rings (SSSR count). The van der Waals surface area contributed by atoms with E-state index in [0.29, 0.717) is 5.02 Å². The molecule has 1 heterocycles. The van der Waals surface area contributed by atoms with Gasteiger partial charge in [0.05, 0.1) is 23.8 Å². The van der Waals surface area contributed by atoms with Crippen molar-refractivity contribution in [1.82, 2.24) is 4.98 Å². The van der Waals surface area contributed by atoms with Gasteiger partial charge in [0.1, 0.15) is 28.9 Å². The Morgan fingerprint density at radius 3 is 1.76 bits per heavy atom. The molecule has 0 spiro atoms. The maximum atomic E-state index is 6.77. The van der Waals surface area contributed by atoms with Crippen LogP contribution in [0.4, 0.5) is 0 Å². The summed E-state index contributed by atoms with van der Waals surface area (Å²) in [5, 5.41) is 5.88. The molecule has 0 fully saturated rings. The molecule has 4 heteroatoms. The third-order valence-corrected chi connectivity index (χ3v) is 11.2. The third kappa shape index (κ3) is 4.20. The van der Waals surface area contributed by atoms with E-state index in [9.17, 15) is 0 Å². The number of aryl methyl sites for hydroxylation is 1. The summed E-state index contributed by atoms with van der Waals surface area (Å²) in [6.45, 7) is 0. The van der Waals surface area contributed by atoms with Gasteiger partial charge in [-0.1, -0.05) is 66.2 Å². The molecule has 0 aliphatic rings. The predicted molar refractivity (Wildman–Crippen MR) is 147 cm³/mol. The number of fused-ring (bicyclic) bond motifs is 1. The van der Waals surface area contributed by atoms with Crippen molar-refractivity contribution in [1.29, 1.82) is 0 Å². The summed E-state index contributed by atoms with van der Waals surface area (Å²) < 4.78 is 5.51. The number of aromatic nitrogens is 1. The van der Waals surface area contributed by atoms with Crippen molar-refractivity contribution < 1.29 is 4.74 Å². The van der Waals surface area contributed by atoms with Crippen molar-refractivity contribution in [3.8, 4) is 5.75 Å². The van der Waals surface area contributed by atoms with Gasteiger partial charge in [0.15, 0.2) is 0 Å². The van der Waals surface area contributed by atoms with Gasteiger partial charge in [0.25, 0.3) is 0 Å². The molecule has 0 aliphatic carbocycles. The quantitative estimate of drug-likeness (QED) is 0.249. The number of methoxy groups -OCH3 is 1. The fraction of sp³-hybridized carbons (Fsp3) is 0.100. The van der Waals surface area contributed by atoms with E-state index in [0.717, 1.165) is 34.8 Å². The highest BCUT2D eigenvalue weighted by molar-refractivity contribution is 7.95. The molecule has 0 unspecified atom stereocenters. The van der Waals surface area contributed by atoms with E-state index in [4.69, 9.17) is 16.3 Å². The molecule has 5 aromatic rings. The molecule has 0 atom stereocenters. The summed E-state index contributed by atoms with van der Waals surface area (Å²) >= 11 is 6.77. The Hall–Kier alpha value is -3.19. The zero-order valence-electron chi connectivity index (χ0n) is 19.1. The number of hydrogen-bond acceptors (Lipinski definition) is 2. The second-order valence-electron chi connectivity index (χ2n) is 8.26. The van der Waals surface area contributed by atoms with Gasteiger partial charge in [0.2, 0.25) is 0 Å². The standard InChI is InChI=1S/C30H26ClNOP/c1-33-23-17-18-30-28(21-23)27(29(31)22-32-30)19-20-34(24-11-5-2-6-12-24,25-13-7-3-8-14-25)26-15-9-4-10-16-26/h2-18,21-22H,19-20H2,1H3/q+1. The van der Waals surface area contributed by atoms with Gasteiger partial charge in [-0.25, -0.2) is 0 Å². The first-order chi connectivity index (χ1) is 16.7. The van der Waals surface area contributed by atoms with Gasteiger partial charge in [-0.05, 0) is 60.2 Å². The molecule has 0 saturated heterocycles. The Bertz CT molecular complexity index is 1290. The average molecular weight is 483 g/mol. The first-order valence-corrected chi connectivity index (χ1v) is 13.7. The minimum atomic E-state index is -1.95. The van der Waals surface area contributed by atoms with Gasteiger partial charge in [-0.2, -0.15) is 0 Å². The zero-order chi connectivity index (χ0) is 23.4. The van der Waals surface area contributed by atoms with Crippen LogP contribution >= 0.6 is 18.9 Å². The Morgan fingerprint density at radius 2 is 1.26 bits per heavy atom. The topological polar surface area (TPSA) is 22.1 Å². The number of ether oxygens (including phenoxy) is 1. The van der Waals surface area contributed by atoms with Crippen LogP contribution < -0.4 is 20.7 Å². The third-order valence-electron chi connectivity index (χ3n) is 6.42. The van der Waals surface area contributed by atoms with Gasteiger partial charge in [0, 0.05) is 18.0 Å². The summed E-state index contributed by atoms with van der Waals surface area (Å²) in [7, 11) is -0.256. The fourth-order valence-electron chi connectivity index (χ4n) is 4.74. The van der Waals surface area contributed by atoms with Gasteiger partial charge >= 0.3 is 0 Å². The van der Waals surface area contributed by atoms with Crippen molar-refractivity contribution in [3.63, 3.8) is 0 Å². The molecular formula is C30H26ClNOP+. The minimum Gasteiger partial charge on any atom is -0.497 e. The van der Waals surface area contributed by atoms with Crippen molar-refractivity contribution in [2.75, 3.05) is 13.3 Å². The summed E-state index contributed by atoms with van der Waals surface area (Å²) in [5.74, 6) is 0.813. The molecule has 0 aliphatic heterocycles. The lowest BCUT2D eigenvalue weighted by atomic mass is 10.1. The highest BCUT2D eigenvalue weighted by Crippen LogP contribution is 2.56. The molecular weight excluding hydrogens is 457 g/mol. The van der Waals surface area contributed by atoms with Crippen molar-refractivity contribution in [2.24, 2.45) is 0 Å². The Labute approximate surface area is 206 Å². The summed E-state index contributed by atoms with van der Waals surface area (Å²) in [6.07, 6.45) is 3.57. The first kappa shape index (κ1) is 22.6. The van der Waals surface area contributed by atoms with Gasteiger partial charge in [-0.3, -0.25) is 4.98 Å². The van der Waals surface area contributed by atoms with Crippen LogP contribution in [0.1, 0.15) is 5.56 Å². The molecule has 0 N–H and O–H groups in total. The van der Waals surface area contributed by atoms with E-state index in [2.05, 4.69) is 102 Å². The number of rotatable bonds is 7. The molecule has 0 saturated carbocycles. The van der Waals surface area contributed by atoms with Crippen LogP contribution in [0, 0.1) is 0 Å². The van der Waals surface area contributed by atoms with E-state index < -0.39 is 7.26 Å². The van der Waals surface area contributed by atoms with Crippen molar-refractivity contribution in [2.45, 2.75) is 6.42 Å². The monoisotopic (exact) mass is 482 g/mol. The molecule has 168 valence electrons. The maximum Gasteiger partial charge on any atom is 0.119 e. The van der Waals surface area contributed by atoms with E-state index >= 15 is 0 Å². The van der Waals surface area contributed by atoms with Crippen LogP contribution in [0.5, 0.6) is 5.75 Å². The second-order valence-corrected chi connectivity index (χ2v) is 12.3. The molecule has 0 amide bonds. The van der Waals surface area contributed by atoms with Crippen LogP contribution in [-0.2, 0) is 6.42 Å². The summed E-state index contributed by atoms with van der Waals surface area (Å²) in [4.78, 5) is 4.56. The smallest absolute Gasteiger partial charge is 0.119 e. The first-order valence-electron chi connectivity index (χ1n) is 11.4. The highest BCUT2D eigenvalue weighted by Gasteiger charge is 2.44. The van der Waals surface area contributed by atoms with Crippen LogP contribution in [-0.4, -0.2) is 18.3 Å². The molecule has 1 aromatic heterocycles. The number of hydrogen-bond donors (Lipinski definition) is 0. The van der Waals surface area contributed by atoms with Crippen LogP contribution in [0.2, 0.25) is 5.02 Å². The maximum absolute atomic E-state index is 6.77. The molecule has 0 radical (unpaired) electrons. The average Bonchev–Trinajstić information content (AvgIpc) is 2.91. The van der Waals surface area contributed by atoms with Crippen LogP contribution in [0.15, 0.2) is 115 Å². The van der Waals surface area contributed by atoms with Gasteiger partial charge < -0.3 is 4.74 Å². The lowest BCUT2D eigenvalue weighted by Crippen LogP contribution is -2.34. The van der Waals surface area contributed by atoms with E-state index in [1.807, 2.05) is 12.1 Å². The number of halogens is 1. The van der Waals surface area contributed by atoms with Crippen LogP contribution in [0.25, 0.3) is 10.9 Å². The largest absolute Gasteiger partial charge is 0.497 e. The minimum absolute atomic E-state index is 0.702. The molecule has 2 nitrogen and oxygen atoms in total. The Kier molecular flexibility index (Phi) is 6.63. The Balaban J connectivity index is 1.70. The number of benzene rings is 4. The molecule has 0 bridgehead atoms. The predicted octanol–water partition coefficient (Wildman–Crippen LogP) is 6.43. The van der Waals surface area contributed by atoms with Crippen molar-refractivity contribution in [3.05, 3.63) is 126 Å². The Morgan fingerprint density at radius 1 is 0.735 bits per heavy atom. The fourth-order valence-corrected chi connectivity index (χ4v) is 9.26. The van der Waals surface area contributed by atoms with E-state index in [1.54, 1.807) is 13.3 Å². The highest BCUT2D eigenvalue weighted by atomic mass is 35.5. The number of pyridine rings is 1. The second kappa shape index (κ2) is 9.97. The van der Waals surface area contributed by atoms with Crippen molar-refractivity contribution >= 4 is 45.7 Å². The lowest BCUT2D eigenvalue weighted by molar-refractivity contribution is 0.415. The van der Waals surface area contributed by atoms with Crippen LogP contribution in [0.3, 0.4) is 0 Å².